The third-order valence-electron chi connectivity index (χ3n) is 2.00. The van der Waals surface area contributed by atoms with E-state index in [1.807, 2.05) is 6.07 Å². The molecule has 0 aromatic heterocycles. The van der Waals surface area contributed by atoms with Crippen LogP contribution in [0, 0.1) is 5.82 Å². The Balaban J connectivity index is 2.21. The molecule has 0 aliphatic carbocycles. The van der Waals surface area contributed by atoms with Gasteiger partial charge in [-0.1, -0.05) is 12.1 Å². The Bertz CT molecular complexity index is 269. The fourth-order valence-corrected chi connectivity index (χ4v) is 1.43. The average Bonchev–Trinajstić information content (AvgIpc) is 2.56. The van der Waals surface area contributed by atoms with Crippen molar-refractivity contribution in [1.82, 2.24) is 10.6 Å². The number of hydrogen-bond acceptors (Lipinski definition) is 2. The maximum absolute atomic E-state index is 12.8. The Kier molecular flexibility index (Phi) is 2.06. The lowest BCUT2D eigenvalue weighted by Gasteiger charge is -2.10. The fourth-order valence-electron chi connectivity index (χ4n) is 1.43. The molecule has 0 amide bonds. The van der Waals surface area contributed by atoms with E-state index in [0.717, 1.165) is 18.7 Å². The lowest BCUT2D eigenvalue weighted by atomic mass is 10.2. The Morgan fingerprint density at radius 2 is 2.00 bits per heavy atom. The smallest absolute Gasteiger partial charge is 0.123 e. The van der Waals surface area contributed by atoms with Gasteiger partial charge in [0.1, 0.15) is 5.82 Å². The van der Waals surface area contributed by atoms with Crippen LogP contribution in [0.4, 0.5) is 4.39 Å². The SMILES string of the molecule is Fc1cccc(C2NCCN2)c1. The molecule has 2 rings (SSSR count). The Labute approximate surface area is 70.8 Å². The molecule has 1 saturated heterocycles. The summed E-state index contributed by atoms with van der Waals surface area (Å²) in [7, 11) is 0. The van der Waals surface area contributed by atoms with Crippen molar-refractivity contribution in [2.24, 2.45) is 0 Å². The molecular formula is C9H11FN2. The number of halogens is 1. The van der Waals surface area contributed by atoms with Gasteiger partial charge in [0.2, 0.25) is 0 Å². The molecule has 1 aliphatic heterocycles. The number of nitrogens with one attached hydrogen (secondary N) is 2. The molecule has 0 unspecified atom stereocenters. The topological polar surface area (TPSA) is 24.1 Å². The highest BCUT2D eigenvalue weighted by atomic mass is 19.1. The summed E-state index contributed by atoms with van der Waals surface area (Å²) in [5.74, 6) is -0.178. The van der Waals surface area contributed by atoms with Gasteiger partial charge in [0.05, 0.1) is 6.17 Å². The van der Waals surface area contributed by atoms with Crippen molar-refractivity contribution >= 4 is 0 Å². The Hall–Kier alpha value is -0.930. The van der Waals surface area contributed by atoms with E-state index in [9.17, 15) is 4.39 Å². The molecule has 3 heteroatoms. The highest BCUT2D eigenvalue weighted by molar-refractivity contribution is 5.20. The van der Waals surface area contributed by atoms with Crippen LogP contribution in [-0.4, -0.2) is 13.1 Å². The first-order chi connectivity index (χ1) is 5.86. The first-order valence-electron chi connectivity index (χ1n) is 4.08. The minimum absolute atomic E-state index is 0.126. The molecule has 12 heavy (non-hydrogen) atoms. The van der Waals surface area contributed by atoms with Gasteiger partial charge < -0.3 is 0 Å². The van der Waals surface area contributed by atoms with Crippen LogP contribution in [0.2, 0.25) is 0 Å². The Morgan fingerprint density at radius 1 is 1.25 bits per heavy atom. The number of rotatable bonds is 1. The van der Waals surface area contributed by atoms with E-state index in [0.29, 0.717) is 0 Å². The van der Waals surface area contributed by atoms with Crippen LogP contribution in [-0.2, 0) is 0 Å². The minimum Gasteiger partial charge on any atom is -0.297 e. The van der Waals surface area contributed by atoms with Crippen LogP contribution in [0.15, 0.2) is 24.3 Å². The van der Waals surface area contributed by atoms with Crippen molar-refractivity contribution in [2.45, 2.75) is 6.17 Å². The van der Waals surface area contributed by atoms with E-state index in [-0.39, 0.29) is 12.0 Å². The van der Waals surface area contributed by atoms with Crippen LogP contribution in [0.25, 0.3) is 0 Å². The Morgan fingerprint density at radius 3 is 2.67 bits per heavy atom. The molecule has 1 heterocycles. The summed E-state index contributed by atoms with van der Waals surface area (Å²) in [5, 5.41) is 6.44. The van der Waals surface area contributed by atoms with Crippen LogP contribution < -0.4 is 10.6 Å². The van der Waals surface area contributed by atoms with Crippen molar-refractivity contribution in [3.05, 3.63) is 35.6 Å². The number of benzene rings is 1. The monoisotopic (exact) mass is 166 g/mol. The van der Waals surface area contributed by atoms with Crippen LogP contribution in [0.5, 0.6) is 0 Å². The van der Waals surface area contributed by atoms with Crippen LogP contribution in [0.1, 0.15) is 11.7 Å². The summed E-state index contributed by atoms with van der Waals surface area (Å²) >= 11 is 0. The molecule has 0 radical (unpaired) electrons. The molecule has 0 spiro atoms. The van der Waals surface area contributed by atoms with Gasteiger partial charge in [0.25, 0.3) is 0 Å². The van der Waals surface area contributed by atoms with Crippen molar-refractivity contribution in [3.63, 3.8) is 0 Å². The van der Waals surface area contributed by atoms with Crippen LogP contribution >= 0.6 is 0 Å². The third kappa shape index (κ3) is 1.47. The minimum atomic E-state index is -0.178. The lowest BCUT2D eigenvalue weighted by Crippen LogP contribution is -2.21. The largest absolute Gasteiger partial charge is 0.297 e. The van der Waals surface area contributed by atoms with Crippen molar-refractivity contribution in [2.75, 3.05) is 13.1 Å². The van der Waals surface area contributed by atoms with Gasteiger partial charge in [0.15, 0.2) is 0 Å². The zero-order valence-corrected chi connectivity index (χ0v) is 6.68. The van der Waals surface area contributed by atoms with Crippen molar-refractivity contribution in [1.29, 1.82) is 0 Å². The van der Waals surface area contributed by atoms with Gasteiger partial charge in [-0.25, -0.2) is 4.39 Å². The summed E-state index contributed by atoms with van der Waals surface area (Å²) in [4.78, 5) is 0. The van der Waals surface area contributed by atoms with Gasteiger partial charge in [-0.2, -0.15) is 0 Å². The predicted octanol–water partition coefficient (Wildman–Crippen LogP) is 1.02. The second-order valence-corrected chi connectivity index (χ2v) is 2.90. The van der Waals surface area contributed by atoms with E-state index in [4.69, 9.17) is 0 Å². The first kappa shape index (κ1) is 7.71. The normalized spacial score (nSPS) is 18.4. The number of hydrogen-bond donors (Lipinski definition) is 2. The summed E-state index contributed by atoms with van der Waals surface area (Å²) in [5.41, 5.74) is 0.965. The summed E-state index contributed by atoms with van der Waals surface area (Å²) in [6.45, 7) is 1.89. The molecule has 64 valence electrons. The van der Waals surface area contributed by atoms with Gasteiger partial charge in [-0.15, -0.1) is 0 Å². The van der Waals surface area contributed by atoms with E-state index < -0.39 is 0 Å². The summed E-state index contributed by atoms with van der Waals surface area (Å²) in [6.07, 6.45) is 0.126. The van der Waals surface area contributed by atoms with Gasteiger partial charge >= 0.3 is 0 Å². The van der Waals surface area contributed by atoms with E-state index in [1.165, 1.54) is 6.07 Å². The summed E-state index contributed by atoms with van der Waals surface area (Å²) in [6, 6.07) is 6.65. The van der Waals surface area contributed by atoms with E-state index in [2.05, 4.69) is 10.6 Å². The fraction of sp³-hybridized carbons (Fsp3) is 0.333. The van der Waals surface area contributed by atoms with Crippen molar-refractivity contribution in [3.8, 4) is 0 Å². The zero-order valence-electron chi connectivity index (χ0n) is 6.68. The molecule has 1 aliphatic rings. The van der Waals surface area contributed by atoms with Crippen molar-refractivity contribution < 1.29 is 4.39 Å². The maximum atomic E-state index is 12.8. The zero-order chi connectivity index (χ0) is 8.39. The molecule has 0 atom stereocenters. The summed E-state index contributed by atoms with van der Waals surface area (Å²) < 4.78 is 12.8. The standard InChI is InChI=1S/C9H11FN2/c10-8-3-1-2-7(6-8)9-11-4-5-12-9/h1-3,6,9,11-12H,4-5H2. The molecule has 1 aromatic carbocycles. The van der Waals surface area contributed by atoms with Crippen LogP contribution in [0.3, 0.4) is 0 Å². The second-order valence-electron chi connectivity index (χ2n) is 2.90. The highest BCUT2D eigenvalue weighted by Crippen LogP contribution is 2.13. The van der Waals surface area contributed by atoms with Gasteiger partial charge in [-0.3, -0.25) is 10.6 Å². The second kappa shape index (κ2) is 3.21. The molecular weight excluding hydrogens is 155 g/mol. The quantitative estimate of drug-likeness (QED) is 0.650. The maximum Gasteiger partial charge on any atom is 0.123 e. The lowest BCUT2D eigenvalue weighted by molar-refractivity contribution is 0.574. The molecule has 2 nitrogen and oxygen atoms in total. The predicted molar refractivity (Wildman–Crippen MR) is 45.1 cm³/mol. The molecule has 2 N–H and O–H groups in total. The first-order valence-corrected chi connectivity index (χ1v) is 4.08. The molecule has 0 saturated carbocycles. The molecule has 1 fully saturated rings. The molecule has 1 aromatic rings. The van der Waals surface area contributed by atoms with Gasteiger partial charge in [-0.05, 0) is 17.7 Å². The highest BCUT2D eigenvalue weighted by Gasteiger charge is 2.14. The van der Waals surface area contributed by atoms with E-state index in [1.54, 1.807) is 12.1 Å². The van der Waals surface area contributed by atoms with E-state index >= 15 is 0 Å². The third-order valence-corrected chi connectivity index (χ3v) is 2.00. The van der Waals surface area contributed by atoms with Gasteiger partial charge in [0, 0.05) is 13.1 Å². The molecule has 0 bridgehead atoms. The average molecular weight is 166 g/mol.